The first-order valence-electron chi connectivity index (χ1n) is 5.29. The molecule has 0 unspecified atom stereocenters. The van der Waals surface area contributed by atoms with Crippen molar-refractivity contribution in [3.63, 3.8) is 0 Å². The fourth-order valence-corrected chi connectivity index (χ4v) is 1.87. The molecule has 8 heteroatoms. The van der Waals surface area contributed by atoms with E-state index in [9.17, 15) is 9.59 Å². The molecule has 0 aliphatic carbocycles. The highest BCUT2D eigenvalue weighted by Gasteiger charge is 2.09. The Morgan fingerprint density at radius 1 is 1.21 bits per heavy atom. The maximum atomic E-state index is 12.2. The van der Waals surface area contributed by atoms with E-state index in [-0.39, 0.29) is 11.0 Å². The van der Waals surface area contributed by atoms with Gasteiger partial charge in [-0.2, -0.15) is 15.4 Å². The smallest absolute Gasteiger partial charge is 0.278 e. The minimum absolute atomic E-state index is 0.0141. The van der Waals surface area contributed by atoms with Crippen molar-refractivity contribution in [3.8, 4) is 0 Å². The van der Waals surface area contributed by atoms with Crippen molar-refractivity contribution in [2.75, 3.05) is 0 Å². The van der Waals surface area contributed by atoms with Crippen LogP contribution in [0.1, 0.15) is 5.56 Å². The van der Waals surface area contributed by atoms with E-state index >= 15 is 0 Å². The van der Waals surface area contributed by atoms with E-state index in [4.69, 9.17) is 5.21 Å². The molecule has 0 aliphatic heterocycles. The summed E-state index contributed by atoms with van der Waals surface area (Å²) in [6.45, 7) is 0. The summed E-state index contributed by atoms with van der Waals surface area (Å²) < 4.78 is 0. The fraction of sp³-hybridized carbons (Fsp3) is 0. The number of oxime groups is 1. The summed E-state index contributed by atoms with van der Waals surface area (Å²) in [6.07, 6.45) is 1.19. The van der Waals surface area contributed by atoms with Crippen LogP contribution in [0.5, 0.6) is 0 Å². The van der Waals surface area contributed by atoms with Gasteiger partial charge < -0.3 is 10.2 Å². The van der Waals surface area contributed by atoms with E-state index < -0.39 is 11.0 Å². The summed E-state index contributed by atoms with van der Waals surface area (Å²) >= 11 is 0. The number of hydrogen-bond acceptors (Lipinski definition) is 6. The first-order chi connectivity index (χ1) is 9.20. The highest BCUT2D eigenvalue weighted by Crippen LogP contribution is 2.09. The van der Waals surface area contributed by atoms with Gasteiger partial charge in [0.25, 0.3) is 5.56 Å². The Labute approximate surface area is 104 Å². The lowest BCUT2D eigenvalue weighted by molar-refractivity contribution is 0.322. The first kappa shape index (κ1) is 11.1. The van der Waals surface area contributed by atoms with Crippen LogP contribution in [-0.2, 0) is 0 Å². The van der Waals surface area contributed by atoms with Gasteiger partial charge in [-0.15, -0.1) is 0 Å². The number of nitrogens with one attached hydrogen (secondary N) is 2. The quantitative estimate of drug-likeness (QED) is 0.320. The van der Waals surface area contributed by atoms with E-state index in [2.05, 4.69) is 25.6 Å². The van der Waals surface area contributed by atoms with Crippen molar-refractivity contribution in [3.05, 3.63) is 44.3 Å². The van der Waals surface area contributed by atoms with Crippen LogP contribution in [0.15, 0.2) is 32.9 Å². The third-order valence-electron chi connectivity index (χ3n) is 2.72. The SMILES string of the molecule is O=c1[nH]c2cc(C=NO)ccc2c(=O)c2n[nH]nc12. The van der Waals surface area contributed by atoms with Crippen LogP contribution in [0.25, 0.3) is 21.9 Å². The van der Waals surface area contributed by atoms with Crippen LogP contribution in [0, 0.1) is 0 Å². The fourth-order valence-electron chi connectivity index (χ4n) is 1.87. The monoisotopic (exact) mass is 257 g/mol. The van der Waals surface area contributed by atoms with Gasteiger partial charge in [-0.3, -0.25) is 9.59 Å². The van der Waals surface area contributed by atoms with E-state index in [0.29, 0.717) is 16.5 Å². The summed E-state index contributed by atoms with van der Waals surface area (Å²) in [4.78, 5) is 26.6. The molecule has 0 aliphatic rings. The minimum atomic E-state index is -0.520. The number of aromatic nitrogens is 4. The average Bonchev–Trinajstić information content (AvgIpc) is 2.84. The van der Waals surface area contributed by atoms with Crippen LogP contribution in [0.2, 0.25) is 0 Å². The van der Waals surface area contributed by atoms with Crippen molar-refractivity contribution in [1.82, 2.24) is 20.4 Å². The molecule has 3 aromatic rings. The Morgan fingerprint density at radius 2 is 2.00 bits per heavy atom. The molecular weight excluding hydrogens is 250 g/mol. The predicted octanol–water partition coefficient (Wildman–Crippen LogP) is -0.0323. The van der Waals surface area contributed by atoms with E-state index in [1.807, 2.05) is 0 Å². The van der Waals surface area contributed by atoms with E-state index in [1.54, 1.807) is 6.07 Å². The summed E-state index contributed by atoms with van der Waals surface area (Å²) in [5.74, 6) is 0. The number of fused-ring (bicyclic) bond motifs is 2. The van der Waals surface area contributed by atoms with Gasteiger partial charge >= 0.3 is 0 Å². The third kappa shape index (κ3) is 1.66. The lowest BCUT2D eigenvalue weighted by Gasteiger charge is -1.93. The second kappa shape index (κ2) is 4.02. The molecule has 0 fully saturated rings. The van der Waals surface area contributed by atoms with Crippen molar-refractivity contribution in [2.24, 2.45) is 5.16 Å². The Hall–Kier alpha value is -3.03. The van der Waals surface area contributed by atoms with Gasteiger partial charge in [0, 0.05) is 5.39 Å². The minimum Gasteiger partial charge on any atom is -0.411 e. The van der Waals surface area contributed by atoms with Gasteiger partial charge in [0.05, 0.1) is 11.7 Å². The second-order valence-corrected chi connectivity index (χ2v) is 3.85. The number of H-pyrrole nitrogens is 2. The molecule has 0 spiro atoms. The standard InChI is InChI=1S/C11H7N5O3/c17-10-6-2-1-5(4-12-19)3-7(6)13-11(18)9-8(10)14-16-15-9/h1-4,19H,(H,13,18)(H,14,15,16). The van der Waals surface area contributed by atoms with E-state index in [0.717, 1.165) is 0 Å². The molecule has 0 radical (unpaired) electrons. The molecule has 0 bridgehead atoms. The number of aromatic amines is 2. The number of rotatable bonds is 1. The molecule has 0 atom stereocenters. The van der Waals surface area contributed by atoms with Crippen molar-refractivity contribution in [2.45, 2.75) is 0 Å². The van der Waals surface area contributed by atoms with Crippen molar-refractivity contribution >= 4 is 28.2 Å². The van der Waals surface area contributed by atoms with E-state index in [1.165, 1.54) is 18.3 Å². The topological polar surface area (TPSA) is 124 Å². The molecular formula is C11H7N5O3. The maximum absolute atomic E-state index is 12.2. The van der Waals surface area contributed by atoms with Crippen LogP contribution in [-0.4, -0.2) is 31.8 Å². The number of benzene rings is 1. The van der Waals surface area contributed by atoms with Crippen LogP contribution >= 0.6 is 0 Å². The zero-order chi connectivity index (χ0) is 13.4. The molecule has 19 heavy (non-hydrogen) atoms. The Kier molecular flexibility index (Phi) is 2.34. The molecule has 0 saturated carbocycles. The summed E-state index contributed by atoms with van der Waals surface area (Å²) in [6, 6.07) is 4.65. The van der Waals surface area contributed by atoms with Crippen molar-refractivity contribution in [1.29, 1.82) is 0 Å². The molecule has 0 saturated heterocycles. The third-order valence-corrected chi connectivity index (χ3v) is 2.72. The number of nitrogens with zero attached hydrogens (tertiary/aromatic N) is 3. The Morgan fingerprint density at radius 3 is 2.79 bits per heavy atom. The Balaban J connectivity index is 2.56. The van der Waals surface area contributed by atoms with Crippen molar-refractivity contribution < 1.29 is 5.21 Å². The van der Waals surface area contributed by atoms with Gasteiger partial charge in [-0.25, -0.2) is 0 Å². The zero-order valence-electron chi connectivity index (χ0n) is 9.41. The summed E-state index contributed by atoms with van der Waals surface area (Å²) in [5, 5.41) is 21.3. The first-order valence-corrected chi connectivity index (χ1v) is 5.29. The maximum Gasteiger partial charge on any atom is 0.278 e. The summed E-state index contributed by atoms with van der Waals surface area (Å²) in [5.41, 5.74) is -0.104. The summed E-state index contributed by atoms with van der Waals surface area (Å²) in [7, 11) is 0. The molecule has 2 aromatic heterocycles. The van der Waals surface area contributed by atoms with Gasteiger partial charge in [0.15, 0.2) is 11.0 Å². The van der Waals surface area contributed by atoms with Crippen LogP contribution < -0.4 is 11.0 Å². The van der Waals surface area contributed by atoms with Crippen LogP contribution in [0.4, 0.5) is 0 Å². The lowest BCUT2D eigenvalue weighted by atomic mass is 10.1. The largest absolute Gasteiger partial charge is 0.411 e. The molecule has 2 heterocycles. The second-order valence-electron chi connectivity index (χ2n) is 3.85. The highest BCUT2D eigenvalue weighted by molar-refractivity contribution is 5.91. The Bertz CT molecular complexity index is 925. The number of hydrogen-bond donors (Lipinski definition) is 3. The molecule has 3 N–H and O–H groups in total. The lowest BCUT2D eigenvalue weighted by Crippen LogP contribution is -2.02. The highest BCUT2D eigenvalue weighted by atomic mass is 16.4. The molecule has 3 rings (SSSR count). The van der Waals surface area contributed by atoms with Gasteiger partial charge in [-0.05, 0) is 17.7 Å². The molecule has 1 aromatic carbocycles. The zero-order valence-corrected chi connectivity index (χ0v) is 9.41. The van der Waals surface area contributed by atoms with Gasteiger partial charge in [0.2, 0.25) is 5.43 Å². The predicted molar refractivity (Wildman–Crippen MR) is 67.7 cm³/mol. The average molecular weight is 257 g/mol. The molecule has 0 amide bonds. The van der Waals surface area contributed by atoms with Gasteiger partial charge in [-0.1, -0.05) is 11.2 Å². The van der Waals surface area contributed by atoms with Gasteiger partial charge in [0.1, 0.15) is 0 Å². The molecule has 8 nitrogen and oxygen atoms in total. The van der Waals surface area contributed by atoms with Crippen LogP contribution in [0.3, 0.4) is 0 Å². The molecule has 94 valence electrons. The normalized spacial score (nSPS) is 11.6.